The van der Waals surface area contributed by atoms with E-state index in [1.165, 1.54) is 12.1 Å². The lowest BCUT2D eigenvalue weighted by molar-refractivity contribution is -0.138. The predicted molar refractivity (Wildman–Crippen MR) is 64.3 cm³/mol. The van der Waals surface area contributed by atoms with E-state index in [1.807, 2.05) is 0 Å². The molecule has 0 fully saturated rings. The highest BCUT2D eigenvalue weighted by molar-refractivity contribution is 5.96. The third-order valence-corrected chi connectivity index (χ3v) is 2.43. The zero-order valence-electron chi connectivity index (χ0n) is 10.0. The Morgan fingerprint density at radius 2 is 1.80 bits per heavy atom. The second-order valence-corrected chi connectivity index (χ2v) is 3.82. The minimum absolute atomic E-state index is 0.252. The number of benzene rings is 1. The average Bonchev–Trinajstić information content (AvgIpc) is 2.38. The zero-order valence-corrected chi connectivity index (χ0v) is 10.0. The minimum Gasteiger partial charge on any atom is -0.438 e. The third-order valence-electron chi connectivity index (χ3n) is 2.43. The topological polar surface area (TPSA) is 65.2 Å². The monoisotopic (exact) mass is 282 g/mol. The predicted octanol–water partition coefficient (Wildman–Crippen LogP) is 2.99. The molecule has 0 bridgehead atoms. The maximum absolute atomic E-state index is 12.8. The van der Waals surface area contributed by atoms with Crippen LogP contribution in [0.4, 0.5) is 13.2 Å². The molecule has 0 unspecified atom stereocenters. The number of hydrogen-bond donors (Lipinski definition) is 1. The second-order valence-electron chi connectivity index (χ2n) is 3.82. The molecule has 0 saturated carbocycles. The van der Waals surface area contributed by atoms with Crippen LogP contribution in [0.3, 0.4) is 0 Å². The van der Waals surface area contributed by atoms with Gasteiger partial charge in [-0.25, -0.2) is 4.98 Å². The van der Waals surface area contributed by atoms with Crippen LogP contribution in [0.1, 0.15) is 15.9 Å². The fourth-order valence-electron chi connectivity index (χ4n) is 1.59. The number of hydrogen-bond acceptors (Lipinski definition) is 3. The van der Waals surface area contributed by atoms with Gasteiger partial charge < -0.3 is 10.5 Å². The number of nitrogens with two attached hydrogens (primary N) is 1. The van der Waals surface area contributed by atoms with E-state index in [0.717, 1.165) is 6.20 Å². The number of carbonyl (C=O) groups is 1. The fourth-order valence-corrected chi connectivity index (χ4v) is 1.59. The normalized spacial score (nSPS) is 11.2. The van der Waals surface area contributed by atoms with E-state index in [0.29, 0.717) is 6.07 Å². The first-order chi connectivity index (χ1) is 9.39. The maximum Gasteiger partial charge on any atom is 0.417 e. The molecule has 2 aromatic rings. The first-order valence-corrected chi connectivity index (χ1v) is 5.48. The van der Waals surface area contributed by atoms with E-state index in [-0.39, 0.29) is 5.75 Å². The quantitative estimate of drug-likeness (QED) is 0.941. The Morgan fingerprint density at radius 1 is 1.15 bits per heavy atom. The molecule has 0 aliphatic rings. The van der Waals surface area contributed by atoms with Crippen molar-refractivity contribution in [1.82, 2.24) is 4.98 Å². The molecule has 2 rings (SSSR count). The fraction of sp³-hybridized carbons (Fsp3) is 0.0769. The van der Waals surface area contributed by atoms with Gasteiger partial charge in [0.1, 0.15) is 11.3 Å². The van der Waals surface area contributed by atoms with Crippen molar-refractivity contribution in [2.24, 2.45) is 5.73 Å². The number of para-hydroxylation sites is 1. The van der Waals surface area contributed by atoms with Gasteiger partial charge in [0, 0.05) is 6.20 Å². The van der Waals surface area contributed by atoms with Crippen molar-refractivity contribution in [3.05, 3.63) is 53.7 Å². The molecule has 20 heavy (non-hydrogen) atoms. The Balaban J connectivity index is 2.51. The van der Waals surface area contributed by atoms with Crippen LogP contribution in [0, 0.1) is 0 Å². The lowest BCUT2D eigenvalue weighted by Crippen LogP contribution is -2.20. The van der Waals surface area contributed by atoms with Gasteiger partial charge in [-0.3, -0.25) is 4.79 Å². The summed E-state index contributed by atoms with van der Waals surface area (Å²) in [6.45, 7) is 0. The van der Waals surface area contributed by atoms with Crippen molar-refractivity contribution in [1.29, 1.82) is 0 Å². The molecular weight excluding hydrogens is 273 g/mol. The number of rotatable bonds is 3. The number of carbonyl (C=O) groups excluding carboxylic acids is 1. The Bertz CT molecular complexity index is 627. The van der Waals surface area contributed by atoms with Crippen molar-refractivity contribution >= 4 is 5.91 Å². The van der Waals surface area contributed by atoms with Crippen molar-refractivity contribution in [2.45, 2.75) is 6.18 Å². The Labute approximate surface area is 112 Å². The molecule has 4 nitrogen and oxygen atoms in total. The molecule has 104 valence electrons. The van der Waals surface area contributed by atoms with Gasteiger partial charge in [-0.15, -0.1) is 0 Å². The Kier molecular flexibility index (Phi) is 3.60. The van der Waals surface area contributed by atoms with Crippen molar-refractivity contribution in [2.75, 3.05) is 0 Å². The minimum atomic E-state index is -4.72. The van der Waals surface area contributed by atoms with E-state index >= 15 is 0 Å². The van der Waals surface area contributed by atoms with Crippen LogP contribution in [-0.4, -0.2) is 10.9 Å². The molecule has 0 saturated heterocycles. The molecule has 7 heteroatoms. The molecule has 1 aromatic carbocycles. The summed E-state index contributed by atoms with van der Waals surface area (Å²) in [5, 5.41) is 0. The van der Waals surface area contributed by atoms with Crippen LogP contribution < -0.4 is 10.5 Å². The smallest absolute Gasteiger partial charge is 0.417 e. The van der Waals surface area contributed by atoms with Crippen LogP contribution in [0.5, 0.6) is 11.6 Å². The summed E-state index contributed by atoms with van der Waals surface area (Å²) in [6, 6.07) is 8.69. The summed E-state index contributed by atoms with van der Waals surface area (Å²) >= 11 is 0. The van der Waals surface area contributed by atoms with E-state index < -0.39 is 29.1 Å². The first kappa shape index (κ1) is 13.9. The van der Waals surface area contributed by atoms with Gasteiger partial charge in [-0.1, -0.05) is 18.2 Å². The van der Waals surface area contributed by atoms with Gasteiger partial charge in [-0.2, -0.15) is 13.2 Å². The van der Waals surface area contributed by atoms with Gasteiger partial charge in [0.05, 0.1) is 5.56 Å². The summed E-state index contributed by atoms with van der Waals surface area (Å²) < 4.78 is 43.7. The number of pyridine rings is 1. The number of halogens is 3. The molecule has 0 spiro atoms. The summed E-state index contributed by atoms with van der Waals surface area (Å²) in [5.74, 6) is -1.48. The first-order valence-electron chi connectivity index (χ1n) is 5.48. The molecule has 1 heterocycles. The van der Waals surface area contributed by atoms with E-state index in [9.17, 15) is 18.0 Å². The number of ether oxygens (including phenoxy) is 1. The van der Waals surface area contributed by atoms with Gasteiger partial charge in [0.2, 0.25) is 5.88 Å². The van der Waals surface area contributed by atoms with Crippen LogP contribution in [-0.2, 0) is 6.18 Å². The van der Waals surface area contributed by atoms with E-state index in [1.54, 1.807) is 18.2 Å². The molecule has 0 radical (unpaired) electrons. The molecular formula is C13H9F3N2O2. The lowest BCUT2D eigenvalue weighted by Gasteiger charge is -2.13. The summed E-state index contributed by atoms with van der Waals surface area (Å²) in [6.07, 6.45) is -3.81. The van der Waals surface area contributed by atoms with Gasteiger partial charge in [0.15, 0.2) is 0 Å². The summed E-state index contributed by atoms with van der Waals surface area (Å²) in [4.78, 5) is 14.9. The number of amides is 1. The molecule has 0 atom stereocenters. The van der Waals surface area contributed by atoms with E-state index in [2.05, 4.69) is 4.98 Å². The number of aromatic nitrogens is 1. The molecule has 1 amide bonds. The molecule has 2 N–H and O–H groups in total. The zero-order chi connectivity index (χ0) is 14.8. The molecule has 0 aliphatic heterocycles. The van der Waals surface area contributed by atoms with Crippen LogP contribution >= 0.6 is 0 Å². The standard InChI is InChI=1S/C13H9F3N2O2/c14-13(15,16)9-6-7-18-12(10(9)11(17)19)20-8-4-2-1-3-5-8/h1-7H,(H2,17,19). The number of alkyl halides is 3. The maximum atomic E-state index is 12.8. The van der Waals surface area contributed by atoms with Gasteiger partial charge in [-0.05, 0) is 18.2 Å². The Hall–Kier alpha value is -2.57. The number of primary amides is 1. The SMILES string of the molecule is NC(=O)c1c(C(F)(F)F)ccnc1Oc1ccccc1. The second kappa shape index (κ2) is 5.20. The highest BCUT2D eigenvalue weighted by Gasteiger charge is 2.37. The average molecular weight is 282 g/mol. The van der Waals surface area contributed by atoms with Crippen molar-refractivity contribution < 1.29 is 22.7 Å². The summed E-state index contributed by atoms with van der Waals surface area (Å²) in [7, 11) is 0. The van der Waals surface area contributed by atoms with Gasteiger partial charge in [0.25, 0.3) is 5.91 Å². The number of nitrogens with zero attached hydrogens (tertiary/aromatic N) is 1. The van der Waals surface area contributed by atoms with Gasteiger partial charge >= 0.3 is 6.18 Å². The highest BCUT2D eigenvalue weighted by Crippen LogP contribution is 2.35. The van der Waals surface area contributed by atoms with E-state index in [4.69, 9.17) is 10.5 Å². The van der Waals surface area contributed by atoms with Crippen molar-refractivity contribution in [3.8, 4) is 11.6 Å². The third kappa shape index (κ3) is 2.87. The Morgan fingerprint density at radius 3 is 2.35 bits per heavy atom. The highest BCUT2D eigenvalue weighted by atomic mass is 19.4. The largest absolute Gasteiger partial charge is 0.438 e. The van der Waals surface area contributed by atoms with Crippen LogP contribution in [0.25, 0.3) is 0 Å². The van der Waals surface area contributed by atoms with Crippen LogP contribution in [0.2, 0.25) is 0 Å². The van der Waals surface area contributed by atoms with Crippen LogP contribution in [0.15, 0.2) is 42.6 Å². The molecule has 1 aromatic heterocycles. The van der Waals surface area contributed by atoms with Crippen molar-refractivity contribution in [3.63, 3.8) is 0 Å². The molecule has 0 aliphatic carbocycles. The summed E-state index contributed by atoms with van der Waals surface area (Å²) in [5.41, 5.74) is 3.04. The lowest BCUT2D eigenvalue weighted by atomic mass is 10.1.